The molecular formula is C19H20N2O5. The molecule has 2 aromatic rings. The van der Waals surface area contributed by atoms with Crippen LogP contribution >= 0.6 is 0 Å². The normalized spacial score (nSPS) is 21.7. The third kappa shape index (κ3) is 3.06. The van der Waals surface area contributed by atoms with Crippen molar-refractivity contribution in [2.45, 2.75) is 25.4 Å². The average Bonchev–Trinajstić information content (AvgIpc) is 3.07. The first-order valence-corrected chi connectivity index (χ1v) is 8.59. The molecule has 26 heavy (non-hydrogen) atoms. The number of likely N-dealkylation sites (tertiary alicyclic amines) is 1. The van der Waals surface area contributed by atoms with E-state index in [9.17, 15) is 14.7 Å². The fraction of sp³-hybridized carbons (Fsp3) is 0.368. The smallest absolute Gasteiger partial charge is 0.254 e. The van der Waals surface area contributed by atoms with Crippen molar-refractivity contribution in [3.05, 3.63) is 57.5 Å². The third-order valence-corrected chi connectivity index (χ3v) is 4.92. The Balaban J connectivity index is 1.49. The minimum Gasteiger partial charge on any atom is -0.454 e. The highest BCUT2D eigenvalue weighted by atomic mass is 16.7. The molecule has 0 radical (unpaired) electrons. The lowest BCUT2D eigenvalue weighted by Crippen LogP contribution is -2.45. The van der Waals surface area contributed by atoms with Crippen LogP contribution in [0.3, 0.4) is 0 Å². The average molecular weight is 356 g/mol. The van der Waals surface area contributed by atoms with Gasteiger partial charge in [0.15, 0.2) is 11.5 Å². The number of hydrogen-bond acceptors (Lipinski definition) is 5. The summed E-state index contributed by atoms with van der Waals surface area (Å²) in [6.07, 6.45) is -0.0505. The van der Waals surface area contributed by atoms with Gasteiger partial charge in [-0.2, -0.15) is 0 Å². The van der Waals surface area contributed by atoms with E-state index in [1.165, 1.54) is 6.07 Å². The van der Waals surface area contributed by atoms with Crippen molar-refractivity contribution in [2.75, 3.05) is 19.9 Å². The second-order valence-electron chi connectivity index (χ2n) is 6.74. The zero-order valence-electron chi connectivity index (χ0n) is 14.4. The number of fused-ring (bicyclic) bond motifs is 1. The molecule has 0 spiro atoms. The van der Waals surface area contributed by atoms with Gasteiger partial charge < -0.3 is 24.5 Å². The molecule has 0 unspecified atom stereocenters. The van der Waals surface area contributed by atoms with Crippen LogP contribution in [0.1, 0.15) is 34.0 Å². The van der Waals surface area contributed by atoms with E-state index in [1.54, 1.807) is 17.9 Å². The number of aliphatic hydroxyl groups excluding tert-OH is 1. The Kier molecular flexibility index (Phi) is 4.16. The molecule has 3 heterocycles. The highest BCUT2D eigenvalue weighted by Crippen LogP contribution is 2.37. The molecule has 1 amide bonds. The lowest BCUT2D eigenvalue weighted by Gasteiger charge is -2.36. The number of carbonyl (C=O) groups excluding carboxylic acids is 1. The largest absolute Gasteiger partial charge is 0.454 e. The van der Waals surface area contributed by atoms with Crippen molar-refractivity contribution >= 4 is 5.91 Å². The minimum absolute atomic E-state index is 0.0746. The van der Waals surface area contributed by atoms with Crippen molar-refractivity contribution in [1.29, 1.82) is 0 Å². The summed E-state index contributed by atoms with van der Waals surface area (Å²) >= 11 is 0. The summed E-state index contributed by atoms with van der Waals surface area (Å²) < 4.78 is 10.7. The number of aryl methyl sites for hydroxylation is 1. The van der Waals surface area contributed by atoms with Gasteiger partial charge in [0.25, 0.3) is 5.91 Å². The fourth-order valence-corrected chi connectivity index (χ4v) is 3.64. The predicted octanol–water partition coefficient (Wildman–Crippen LogP) is 1.40. The number of hydrogen-bond donors (Lipinski definition) is 2. The SMILES string of the molecule is Cc1cc(C(=O)N2CC[C@H](c3ccc4c(c3)OCO4)[C@@H](O)C2)cc(=O)[nH]1. The number of aromatic amines is 1. The van der Waals surface area contributed by atoms with Crippen LogP contribution in [-0.2, 0) is 0 Å². The number of nitrogens with one attached hydrogen (secondary N) is 1. The molecule has 136 valence electrons. The van der Waals surface area contributed by atoms with Crippen LogP contribution in [0, 0.1) is 6.92 Å². The second-order valence-corrected chi connectivity index (χ2v) is 6.74. The summed E-state index contributed by atoms with van der Waals surface area (Å²) in [5, 5.41) is 10.6. The number of nitrogens with zero attached hydrogens (tertiary/aromatic N) is 1. The lowest BCUT2D eigenvalue weighted by molar-refractivity contribution is 0.0381. The highest BCUT2D eigenvalue weighted by Gasteiger charge is 2.32. The van der Waals surface area contributed by atoms with Gasteiger partial charge in [-0.25, -0.2) is 0 Å². The first-order chi connectivity index (χ1) is 12.5. The molecule has 7 nitrogen and oxygen atoms in total. The van der Waals surface area contributed by atoms with Gasteiger partial charge in [-0.15, -0.1) is 0 Å². The standard InChI is InChI=1S/C19H20N2O5/c1-11-6-13(8-18(23)20-11)19(24)21-5-4-14(15(22)9-21)12-2-3-16-17(7-12)26-10-25-16/h2-3,6-8,14-15,22H,4-5,9-10H2,1H3,(H,20,23)/t14-,15+/m1/s1. The van der Waals surface area contributed by atoms with Crippen molar-refractivity contribution in [1.82, 2.24) is 9.88 Å². The number of aliphatic hydroxyl groups is 1. The van der Waals surface area contributed by atoms with Crippen molar-refractivity contribution in [2.24, 2.45) is 0 Å². The summed E-state index contributed by atoms with van der Waals surface area (Å²) in [7, 11) is 0. The number of piperidine rings is 1. The molecule has 2 aliphatic heterocycles. The fourth-order valence-electron chi connectivity index (χ4n) is 3.64. The zero-order valence-corrected chi connectivity index (χ0v) is 14.4. The highest BCUT2D eigenvalue weighted by molar-refractivity contribution is 5.94. The van der Waals surface area contributed by atoms with Crippen LogP contribution in [0.2, 0.25) is 0 Å². The Bertz CT molecular complexity index is 907. The first-order valence-electron chi connectivity index (χ1n) is 8.59. The lowest BCUT2D eigenvalue weighted by atomic mass is 9.86. The van der Waals surface area contributed by atoms with E-state index < -0.39 is 6.10 Å². The van der Waals surface area contributed by atoms with E-state index in [0.29, 0.717) is 35.7 Å². The number of β-amino-alcohol motifs (C(OH)–C–C–N with tert-alkyl or cyclic N) is 1. The predicted molar refractivity (Wildman–Crippen MR) is 93.6 cm³/mol. The molecule has 4 rings (SSSR count). The summed E-state index contributed by atoms with van der Waals surface area (Å²) in [4.78, 5) is 28.5. The van der Waals surface area contributed by atoms with Crippen LogP contribution in [0.5, 0.6) is 11.5 Å². The van der Waals surface area contributed by atoms with E-state index in [0.717, 1.165) is 5.56 Å². The third-order valence-electron chi connectivity index (χ3n) is 4.92. The summed E-state index contributed by atoms with van der Waals surface area (Å²) in [6.45, 7) is 2.69. The van der Waals surface area contributed by atoms with Crippen molar-refractivity contribution in [3.8, 4) is 11.5 Å². The van der Waals surface area contributed by atoms with Crippen LogP contribution < -0.4 is 15.0 Å². The monoisotopic (exact) mass is 356 g/mol. The van der Waals surface area contributed by atoms with Gasteiger partial charge >= 0.3 is 0 Å². The number of amides is 1. The van der Waals surface area contributed by atoms with Gasteiger partial charge in [-0.05, 0) is 37.1 Å². The van der Waals surface area contributed by atoms with E-state index in [-0.39, 0.29) is 30.7 Å². The molecule has 0 bridgehead atoms. The van der Waals surface area contributed by atoms with Gasteiger partial charge in [0.2, 0.25) is 12.4 Å². The van der Waals surface area contributed by atoms with Gasteiger partial charge in [0.1, 0.15) is 0 Å². The van der Waals surface area contributed by atoms with Gasteiger partial charge in [0.05, 0.1) is 6.10 Å². The zero-order chi connectivity index (χ0) is 18.3. The maximum atomic E-state index is 12.7. The number of aromatic nitrogens is 1. The number of H-pyrrole nitrogens is 1. The minimum atomic E-state index is -0.684. The van der Waals surface area contributed by atoms with Crippen molar-refractivity contribution < 1.29 is 19.4 Å². The Hall–Kier alpha value is -2.80. The Labute approximate surface area is 150 Å². The topological polar surface area (TPSA) is 91.9 Å². The van der Waals surface area contributed by atoms with E-state index in [1.807, 2.05) is 18.2 Å². The van der Waals surface area contributed by atoms with E-state index >= 15 is 0 Å². The number of benzene rings is 1. The molecule has 2 aliphatic rings. The van der Waals surface area contributed by atoms with Crippen LogP contribution in [0.25, 0.3) is 0 Å². The summed E-state index contributed by atoms with van der Waals surface area (Å²) in [5.41, 5.74) is 1.65. The molecule has 7 heteroatoms. The molecule has 0 saturated carbocycles. The van der Waals surface area contributed by atoms with Crippen LogP contribution in [0.15, 0.2) is 35.1 Å². The molecule has 1 aromatic heterocycles. The maximum Gasteiger partial charge on any atom is 0.254 e. The van der Waals surface area contributed by atoms with Crippen LogP contribution in [-0.4, -0.2) is 46.9 Å². The van der Waals surface area contributed by atoms with Crippen molar-refractivity contribution in [3.63, 3.8) is 0 Å². The number of rotatable bonds is 2. The maximum absolute atomic E-state index is 12.7. The quantitative estimate of drug-likeness (QED) is 0.849. The second kappa shape index (κ2) is 6.49. The molecule has 1 saturated heterocycles. The Morgan fingerprint density at radius 3 is 2.81 bits per heavy atom. The molecule has 2 N–H and O–H groups in total. The number of pyridine rings is 1. The summed E-state index contributed by atoms with van der Waals surface area (Å²) in [5.74, 6) is 1.09. The molecule has 1 aromatic carbocycles. The van der Waals surface area contributed by atoms with Crippen LogP contribution in [0.4, 0.5) is 0 Å². The van der Waals surface area contributed by atoms with Gasteiger partial charge in [0, 0.05) is 36.3 Å². The summed E-state index contributed by atoms with van der Waals surface area (Å²) in [6, 6.07) is 8.62. The van der Waals surface area contributed by atoms with E-state index in [2.05, 4.69) is 4.98 Å². The van der Waals surface area contributed by atoms with Gasteiger partial charge in [-0.3, -0.25) is 9.59 Å². The Morgan fingerprint density at radius 1 is 1.23 bits per heavy atom. The molecular weight excluding hydrogens is 336 g/mol. The Morgan fingerprint density at radius 2 is 2.04 bits per heavy atom. The number of carbonyl (C=O) groups is 1. The molecule has 1 fully saturated rings. The van der Waals surface area contributed by atoms with E-state index in [4.69, 9.17) is 9.47 Å². The molecule has 2 atom stereocenters. The first kappa shape index (κ1) is 16.7. The van der Waals surface area contributed by atoms with Gasteiger partial charge in [-0.1, -0.05) is 6.07 Å². The molecule has 0 aliphatic carbocycles. The number of ether oxygens (including phenoxy) is 2.